The number of H-pyrrole nitrogens is 1. The molecule has 3 heteroatoms. The van der Waals surface area contributed by atoms with Gasteiger partial charge in [-0.25, -0.2) is 4.39 Å². The molecule has 0 aliphatic heterocycles. The summed E-state index contributed by atoms with van der Waals surface area (Å²) in [5, 5.41) is 0. The van der Waals surface area contributed by atoms with Crippen molar-refractivity contribution in [2.24, 2.45) is 0 Å². The van der Waals surface area contributed by atoms with Crippen LogP contribution in [0.1, 0.15) is 0 Å². The van der Waals surface area contributed by atoms with Gasteiger partial charge in [-0.3, -0.25) is 0 Å². The maximum absolute atomic E-state index is 12.6. The SMILES string of the molecule is Fc1cccc2s[nH]c12. The first-order valence-electron chi connectivity index (χ1n) is 2.59. The summed E-state index contributed by atoms with van der Waals surface area (Å²) in [5.74, 6) is -0.161. The Kier molecular flexibility index (Phi) is 0.873. The number of hydrogen-bond acceptors (Lipinski definition) is 1. The zero-order chi connectivity index (χ0) is 6.27. The maximum atomic E-state index is 12.6. The molecular weight excluding hydrogens is 137 g/mol. The average Bonchev–Trinajstić information content (AvgIpc) is 1.74. The van der Waals surface area contributed by atoms with E-state index in [1.54, 1.807) is 6.07 Å². The second kappa shape index (κ2) is 1.57. The number of para-hydroxylation sites is 1. The van der Waals surface area contributed by atoms with Crippen molar-refractivity contribution in [3.05, 3.63) is 24.0 Å². The van der Waals surface area contributed by atoms with Gasteiger partial charge in [-0.1, -0.05) is 17.6 Å². The molecule has 0 unspecified atom stereocenters. The van der Waals surface area contributed by atoms with Gasteiger partial charge in [0, 0.05) is 0 Å². The van der Waals surface area contributed by atoms with Gasteiger partial charge in [0.25, 0.3) is 0 Å². The molecule has 0 radical (unpaired) electrons. The van der Waals surface area contributed by atoms with E-state index in [9.17, 15) is 4.39 Å². The molecular formula is C6H4FNS. The van der Waals surface area contributed by atoms with Crippen LogP contribution in [0.3, 0.4) is 0 Å². The second-order valence-electron chi connectivity index (χ2n) is 1.82. The normalized spacial score (nSPS) is 10.8. The summed E-state index contributed by atoms with van der Waals surface area (Å²) < 4.78 is 16.3. The van der Waals surface area contributed by atoms with Crippen LogP contribution >= 0.6 is 11.5 Å². The van der Waals surface area contributed by atoms with E-state index in [-0.39, 0.29) is 5.82 Å². The number of benzene rings is 1. The van der Waals surface area contributed by atoms with Crippen molar-refractivity contribution in [2.75, 3.05) is 0 Å². The van der Waals surface area contributed by atoms with Gasteiger partial charge in [0.15, 0.2) is 0 Å². The minimum absolute atomic E-state index is 0.161. The number of nitrogens with one attached hydrogen (secondary N) is 1. The number of aromatic nitrogens is 1. The zero-order valence-electron chi connectivity index (χ0n) is 4.52. The molecule has 1 heterocycles. The minimum atomic E-state index is -0.161. The van der Waals surface area contributed by atoms with Crippen molar-refractivity contribution in [1.82, 2.24) is 4.37 Å². The van der Waals surface area contributed by atoms with E-state index < -0.39 is 0 Å². The molecule has 0 atom stereocenters. The molecule has 0 saturated heterocycles. The molecule has 0 aliphatic carbocycles. The van der Waals surface area contributed by atoms with Crippen LogP contribution < -0.4 is 0 Å². The highest BCUT2D eigenvalue weighted by Crippen LogP contribution is 2.21. The molecule has 0 fully saturated rings. The summed E-state index contributed by atoms with van der Waals surface area (Å²) >= 11 is 1.45. The third kappa shape index (κ3) is 0.580. The van der Waals surface area contributed by atoms with Gasteiger partial charge < -0.3 is 4.37 Å². The van der Waals surface area contributed by atoms with Gasteiger partial charge in [-0.15, -0.1) is 0 Å². The van der Waals surface area contributed by atoms with Gasteiger partial charge in [-0.05, 0) is 12.1 Å². The molecule has 0 amide bonds. The molecule has 46 valence electrons. The molecule has 1 aromatic heterocycles. The number of rotatable bonds is 0. The van der Waals surface area contributed by atoms with Crippen LogP contribution in [0.15, 0.2) is 18.2 Å². The summed E-state index contributed by atoms with van der Waals surface area (Å²) in [6, 6.07) is 5.05. The Morgan fingerprint density at radius 1 is 1.44 bits per heavy atom. The lowest BCUT2D eigenvalue weighted by Gasteiger charge is -1.99. The van der Waals surface area contributed by atoms with E-state index in [2.05, 4.69) is 4.37 Å². The fourth-order valence-electron chi connectivity index (χ4n) is 0.748. The van der Waals surface area contributed by atoms with E-state index in [4.69, 9.17) is 0 Å². The van der Waals surface area contributed by atoms with Gasteiger partial charge in [0.1, 0.15) is 11.3 Å². The summed E-state index contributed by atoms with van der Waals surface area (Å²) in [6.07, 6.45) is 0. The van der Waals surface area contributed by atoms with Crippen molar-refractivity contribution >= 4 is 21.7 Å². The number of fused-ring (bicyclic) bond motifs is 1. The highest BCUT2D eigenvalue weighted by Gasteiger charge is 2.01. The van der Waals surface area contributed by atoms with Crippen molar-refractivity contribution in [3.63, 3.8) is 0 Å². The highest BCUT2D eigenvalue weighted by atomic mass is 32.1. The first-order valence-corrected chi connectivity index (χ1v) is 3.41. The Bertz CT molecular complexity index is 322. The second-order valence-corrected chi connectivity index (χ2v) is 2.67. The Labute approximate surface area is 55.3 Å². The van der Waals surface area contributed by atoms with Crippen LogP contribution in [-0.4, -0.2) is 4.37 Å². The van der Waals surface area contributed by atoms with Crippen molar-refractivity contribution in [3.8, 4) is 0 Å². The number of aromatic amines is 1. The Morgan fingerprint density at radius 2 is 2.33 bits per heavy atom. The largest absolute Gasteiger partial charge is 0.307 e. The first-order chi connectivity index (χ1) is 4.38. The minimum Gasteiger partial charge on any atom is -0.307 e. The van der Waals surface area contributed by atoms with Crippen molar-refractivity contribution in [2.45, 2.75) is 0 Å². The smallest absolute Gasteiger partial charge is 0.148 e. The van der Waals surface area contributed by atoms with E-state index >= 15 is 0 Å². The standard InChI is InChI=1S/C6H4FNS/c7-4-2-1-3-5-6(4)8-9-5/h1-3,8H. The number of hydrogen-bond donors (Lipinski definition) is 1. The molecule has 0 aliphatic rings. The van der Waals surface area contributed by atoms with Crippen LogP contribution in [0, 0.1) is 5.82 Å². The van der Waals surface area contributed by atoms with Crippen molar-refractivity contribution in [1.29, 1.82) is 0 Å². The fraction of sp³-hybridized carbons (Fsp3) is 0. The lowest BCUT2D eigenvalue weighted by molar-refractivity contribution is 0.637. The highest BCUT2D eigenvalue weighted by molar-refractivity contribution is 7.15. The molecule has 1 nitrogen and oxygen atoms in total. The van der Waals surface area contributed by atoms with Gasteiger partial charge in [0.2, 0.25) is 0 Å². The van der Waals surface area contributed by atoms with Crippen LogP contribution in [-0.2, 0) is 0 Å². The van der Waals surface area contributed by atoms with Gasteiger partial charge in [0.05, 0.1) is 4.70 Å². The maximum Gasteiger partial charge on any atom is 0.148 e. The molecule has 2 rings (SSSR count). The van der Waals surface area contributed by atoms with Gasteiger partial charge >= 0.3 is 0 Å². The lowest BCUT2D eigenvalue weighted by atomic mass is 10.3. The third-order valence-corrected chi connectivity index (χ3v) is 2.10. The fourth-order valence-corrected chi connectivity index (χ4v) is 1.41. The predicted octanol–water partition coefficient (Wildman–Crippen LogP) is 2.37. The first kappa shape index (κ1) is 4.99. The van der Waals surface area contributed by atoms with E-state index in [0.717, 1.165) is 4.70 Å². The van der Waals surface area contributed by atoms with E-state index in [1.165, 1.54) is 17.6 Å². The Hall–Kier alpha value is -0.830. The van der Waals surface area contributed by atoms with Crippen LogP contribution in [0.2, 0.25) is 0 Å². The van der Waals surface area contributed by atoms with Crippen LogP contribution in [0.25, 0.3) is 10.2 Å². The summed E-state index contributed by atoms with van der Waals surface area (Å²) in [7, 11) is 0. The monoisotopic (exact) mass is 141 g/mol. The third-order valence-electron chi connectivity index (χ3n) is 1.24. The van der Waals surface area contributed by atoms with Crippen LogP contribution in [0.4, 0.5) is 4.39 Å². The molecule has 0 bridgehead atoms. The molecule has 0 spiro atoms. The number of halogens is 1. The Balaban J connectivity index is 2.86. The predicted molar refractivity (Wildman–Crippen MR) is 36.1 cm³/mol. The molecule has 2 aromatic rings. The topological polar surface area (TPSA) is 15.8 Å². The van der Waals surface area contributed by atoms with Gasteiger partial charge in [-0.2, -0.15) is 0 Å². The summed E-state index contributed by atoms with van der Waals surface area (Å²) in [5.41, 5.74) is 0.641. The molecule has 1 N–H and O–H groups in total. The molecule has 1 aromatic carbocycles. The van der Waals surface area contributed by atoms with E-state index in [0.29, 0.717) is 5.52 Å². The van der Waals surface area contributed by atoms with Crippen LogP contribution in [0.5, 0.6) is 0 Å². The molecule has 9 heavy (non-hydrogen) atoms. The van der Waals surface area contributed by atoms with Crippen molar-refractivity contribution < 1.29 is 4.39 Å². The quantitative estimate of drug-likeness (QED) is 0.579. The lowest BCUT2D eigenvalue weighted by Crippen LogP contribution is -1.82. The average molecular weight is 141 g/mol. The molecule has 0 saturated carbocycles. The summed E-state index contributed by atoms with van der Waals surface area (Å²) in [6.45, 7) is 0. The zero-order valence-corrected chi connectivity index (χ0v) is 5.33. The Morgan fingerprint density at radius 3 is 2.78 bits per heavy atom. The summed E-state index contributed by atoms with van der Waals surface area (Å²) in [4.78, 5) is 0. The van der Waals surface area contributed by atoms with E-state index in [1.807, 2.05) is 6.07 Å².